The second kappa shape index (κ2) is 6.64. The number of amides is 1. The molecule has 0 aliphatic carbocycles. The fourth-order valence-electron chi connectivity index (χ4n) is 1.84. The molecule has 1 aliphatic rings. The summed E-state index contributed by atoms with van der Waals surface area (Å²) >= 11 is 1.89. The Balaban J connectivity index is 1.96. The van der Waals surface area contributed by atoms with Gasteiger partial charge in [-0.25, -0.2) is 0 Å². The first-order chi connectivity index (χ1) is 8.79. The maximum Gasteiger partial charge on any atom is 0.270 e. The van der Waals surface area contributed by atoms with E-state index in [2.05, 4.69) is 22.5 Å². The number of thioether (sulfide) groups is 1. The first-order valence-corrected chi connectivity index (χ1v) is 7.53. The molecule has 2 N–H and O–H groups in total. The zero-order valence-corrected chi connectivity index (χ0v) is 11.4. The van der Waals surface area contributed by atoms with Crippen molar-refractivity contribution in [1.82, 2.24) is 10.3 Å². The van der Waals surface area contributed by atoms with E-state index < -0.39 is 0 Å². The Kier molecular flexibility index (Phi) is 4.87. The second-order valence-corrected chi connectivity index (χ2v) is 5.54. The number of nitrogens with one attached hydrogen (secondary N) is 2. The van der Waals surface area contributed by atoms with Gasteiger partial charge >= 0.3 is 0 Å². The van der Waals surface area contributed by atoms with Crippen LogP contribution in [0.5, 0.6) is 0 Å². The Bertz CT molecular complexity index is 405. The van der Waals surface area contributed by atoms with E-state index in [0.717, 1.165) is 36.6 Å². The molecule has 2 rings (SSSR count). The highest BCUT2D eigenvalue weighted by atomic mass is 32.2. The van der Waals surface area contributed by atoms with E-state index in [0.29, 0.717) is 11.7 Å². The molecule has 1 aromatic rings. The van der Waals surface area contributed by atoms with Crippen LogP contribution in [0, 0.1) is 0 Å². The van der Waals surface area contributed by atoms with Crippen LogP contribution in [-0.2, 0) is 0 Å². The molecule has 1 amide bonds. The van der Waals surface area contributed by atoms with Crippen molar-refractivity contribution in [1.29, 1.82) is 0 Å². The highest BCUT2D eigenvalue weighted by molar-refractivity contribution is 7.99. The van der Waals surface area contributed by atoms with Gasteiger partial charge in [-0.3, -0.25) is 9.78 Å². The summed E-state index contributed by atoms with van der Waals surface area (Å²) in [5, 5.41) is 6.29. The van der Waals surface area contributed by atoms with Crippen LogP contribution in [0.2, 0.25) is 0 Å². The fraction of sp³-hybridized carbons (Fsp3) is 0.538. The molecule has 0 aromatic carbocycles. The van der Waals surface area contributed by atoms with Crippen LogP contribution in [0.15, 0.2) is 18.3 Å². The summed E-state index contributed by atoms with van der Waals surface area (Å²) < 4.78 is 0. The molecule has 98 valence electrons. The van der Waals surface area contributed by atoms with Crippen LogP contribution < -0.4 is 10.6 Å². The summed E-state index contributed by atoms with van der Waals surface area (Å²) in [5.41, 5.74) is 1.45. The van der Waals surface area contributed by atoms with E-state index in [1.54, 1.807) is 6.20 Å². The highest BCUT2D eigenvalue weighted by Gasteiger charge is 2.19. The smallest absolute Gasteiger partial charge is 0.270 e. The van der Waals surface area contributed by atoms with Crippen molar-refractivity contribution in [3.8, 4) is 0 Å². The number of aromatic nitrogens is 1. The molecule has 1 atom stereocenters. The zero-order chi connectivity index (χ0) is 12.8. The summed E-state index contributed by atoms with van der Waals surface area (Å²) in [7, 11) is 0. The number of nitrogens with zero attached hydrogens (tertiary/aromatic N) is 1. The molecular weight excluding hydrogens is 246 g/mol. The third kappa shape index (κ3) is 3.63. The Labute approximate surface area is 112 Å². The predicted octanol–water partition coefficient (Wildman–Crippen LogP) is 2.14. The Hall–Kier alpha value is -1.23. The van der Waals surface area contributed by atoms with Gasteiger partial charge in [0, 0.05) is 30.2 Å². The highest BCUT2D eigenvalue weighted by Crippen LogP contribution is 2.17. The number of hydrogen-bond acceptors (Lipinski definition) is 4. The van der Waals surface area contributed by atoms with Gasteiger partial charge in [-0.1, -0.05) is 6.92 Å². The first kappa shape index (κ1) is 13.2. The van der Waals surface area contributed by atoms with E-state index >= 15 is 0 Å². The van der Waals surface area contributed by atoms with Crippen molar-refractivity contribution in [3.63, 3.8) is 0 Å². The molecule has 0 saturated carbocycles. The summed E-state index contributed by atoms with van der Waals surface area (Å²) in [6.45, 7) is 3.02. The Morgan fingerprint density at radius 3 is 3.22 bits per heavy atom. The largest absolute Gasteiger partial charge is 0.385 e. The minimum atomic E-state index is -0.0670. The number of anilines is 1. The molecule has 0 spiro atoms. The molecule has 1 aromatic heterocycles. The quantitative estimate of drug-likeness (QED) is 0.856. The molecule has 1 saturated heterocycles. The van der Waals surface area contributed by atoms with E-state index in [1.165, 1.54) is 0 Å². The molecule has 0 radical (unpaired) electrons. The lowest BCUT2D eigenvalue weighted by atomic mass is 10.2. The van der Waals surface area contributed by atoms with Crippen molar-refractivity contribution in [2.24, 2.45) is 0 Å². The van der Waals surface area contributed by atoms with Crippen molar-refractivity contribution in [2.75, 3.05) is 23.4 Å². The molecule has 5 heteroatoms. The van der Waals surface area contributed by atoms with Gasteiger partial charge in [-0.2, -0.15) is 11.8 Å². The standard InChI is InChI=1S/C13H19N3OS/c1-2-5-14-10-3-6-15-12(8-10)13(17)16-11-4-7-18-9-11/h3,6,8,11H,2,4-5,7,9H2,1H3,(H,14,15)(H,16,17). The molecule has 18 heavy (non-hydrogen) atoms. The summed E-state index contributed by atoms with van der Waals surface area (Å²) in [6, 6.07) is 4.00. The lowest BCUT2D eigenvalue weighted by Gasteiger charge is -2.11. The third-order valence-corrected chi connectivity index (χ3v) is 4.00. The van der Waals surface area contributed by atoms with Crippen molar-refractivity contribution in [2.45, 2.75) is 25.8 Å². The molecule has 1 unspecified atom stereocenters. The number of carbonyl (C=O) groups excluding carboxylic acids is 1. The van der Waals surface area contributed by atoms with Gasteiger partial charge in [-0.05, 0) is 30.7 Å². The van der Waals surface area contributed by atoms with E-state index in [-0.39, 0.29) is 5.91 Å². The van der Waals surface area contributed by atoms with Crippen LogP contribution in [0.3, 0.4) is 0 Å². The van der Waals surface area contributed by atoms with Crippen molar-refractivity contribution >= 4 is 23.4 Å². The number of rotatable bonds is 5. The molecule has 4 nitrogen and oxygen atoms in total. The molecular formula is C13H19N3OS. The number of carbonyl (C=O) groups is 1. The van der Waals surface area contributed by atoms with Crippen LogP contribution in [0.1, 0.15) is 30.3 Å². The lowest BCUT2D eigenvalue weighted by Crippen LogP contribution is -2.35. The monoisotopic (exact) mass is 265 g/mol. The second-order valence-electron chi connectivity index (χ2n) is 4.39. The van der Waals surface area contributed by atoms with Crippen LogP contribution in [0.25, 0.3) is 0 Å². The third-order valence-electron chi connectivity index (χ3n) is 2.84. The molecule has 1 aliphatic heterocycles. The van der Waals surface area contributed by atoms with Crippen molar-refractivity contribution in [3.05, 3.63) is 24.0 Å². The lowest BCUT2D eigenvalue weighted by molar-refractivity contribution is 0.0936. The van der Waals surface area contributed by atoms with E-state index in [4.69, 9.17) is 0 Å². The Morgan fingerprint density at radius 2 is 2.50 bits per heavy atom. The maximum atomic E-state index is 12.0. The molecule has 1 fully saturated rings. The van der Waals surface area contributed by atoms with E-state index in [9.17, 15) is 4.79 Å². The summed E-state index contributed by atoms with van der Waals surface area (Å²) in [4.78, 5) is 16.1. The average molecular weight is 265 g/mol. The topological polar surface area (TPSA) is 54.0 Å². The van der Waals surface area contributed by atoms with Gasteiger partial charge in [-0.15, -0.1) is 0 Å². The van der Waals surface area contributed by atoms with Gasteiger partial charge in [0.25, 0.3) is 5.91 Å². The van der Waals surface area contributed by atoms with Gasteiger partial charge in [0.05, 0.1) is 0 Å². The average Bonchev–Trinajstić information content (AvgIpc) is 2.89. The van der Waals surface area contributed by atoms with E-state index in [1.807, 2.05) is 23.9 Å². The SMILES string of the molecule is CCCNc1ccnc(C(=O)NC2CCSC2)c1. The fourth-order valence-corrected chi connectivity index (χ4v) is 2.99. The first-order valence-electron chi connectivity index (χ1n) is 6.38. The molecule has 2 heterocycles. The van der Waals surface area contributed by atoms with Crippen LogP contribution >= 0.6 is 11.8 Å². The summed E-state index contributed by atoms with van der Waals surface area (Å²) in [6.07, 6.45) is 3.80. The minimum absolute atomic E-state index is 0.0670. The van der Waals surface area contributed by atoms with Crippen LogP contribution in [-0.4, -0.2) is 35.0 Å². The van der Waals surface area contributed by atoms with Gasteiger partial charge < -0.3 is 10.6 Å². The minimum Gasteiger partial charge on any atom is -0.385 e. The van der Waals surface area contributed by atoms with Crippen molar-refractivity contribution < 1.29 is 4.79 Å². The molecule has 0 bridgehead atoms. The zero-order valence-electron chi connectivity index (χ0n) is 10.6. The van der Waals surface area contributed by atoms with Crippen LogP contribution in [0.4, 0.5) is 5.69 Å². The van der Waals surface area contributed by atoms with Gasteiger partial charge in [0.15, 0.2) is 0 Å². The summed E-state index contributed by atoms with van der Waals surface area (Å²) in [5.74, 6) is 2.08. The number of pyridine rings is 1. The van der Waals surface area contributed by atoms with Gasteiger partial charge in [0.2, 0.25) is 0 Å². The Morgan fingerprint density at radius 1 is 1.61 bits per heavy atom. The normalized spacial score (nSPS) is 18.6. The number of hydrogen-bond donors (Lipinski definition) is 2. The maximum absolute atomic E-state index is 12.0. The predicted molar refractivity (Wildman–Crippen MR) is 76.2 cm³/mol. The van der Waals surface area contributed by atoms with Gasteiger partial charge in [0.1, 0.15) is 5.69 Å².